The van der Waals surface area contributed by atoms with Crippen molar-refractivity contribution in [3.05, 3.63) is 29.3 Å². The normalized spacial score (nSPS) is 12.6. The van der Waals surface area contributed by atoms with E-state index < -0.39 is 0 Å². The van der Waals surface area contributed by atoms with E-state index in [2.05, 4.69) is 50.9 Å². The van der Waals surface area contributed by atoms with Crippen molar-refractivity contribution in [3.63, 3.8) is 0 Å². The molecule has 1 aromatic rings. The summed E-state index contributed by atoms with van der Waals surface area (Å²) < 4.78 is 0. The van der Waals surface area contributed by atoms with Crippen LogP contribution in [-0.2, 0) is 0 Å². The van der Waals surface area contributed by atoms with Crippen molar-refractivity contribution in [2.45, 2.75) is 27.2 Å². The van der Waals surface area contributed by atoms with Crippen molar-refractivity contribution in [1.29, 1.82) is 0 Å². The third-order valence-corrected chi connectivity index (χ3v) is 3.22. The molecule has 0 saturated carbocycles. The minimum Gasteiger partial charge on any atom is -0.374 e. The first-order valence-electron chi connectivity index (χ1n) is 6.07. The second-order valence-corrected chi connectivity index (χ2v) is 4.68. The van der Waals surface area contributed by atoms with Crippen LogP contribution in [0, 0.1) is 19.8 Å². The third-order valence-electron chi connectivity index (χ3n) is 3.22. The van der Waals surface area contributed by atoms with Crippen LogP contribution < -0.4 is 10.6 Å². The maximum Gasteiger partial charge on any atom is 0.0396 e. The lowest BCUT2D eigenvalue weighted by Gasteiger charge is -2.26. The molecule has 0 radical (unpaired) electrons. The van der Waals surface area contributed by atoms with E-state index in [4.69, 9.17) is 5.73 Å². The molecule has 16 heavy (non-hydrogen) atoms. The lowest BCUT2D eigenvalue weighted by molar-refractivity contribution is 0.520. The Bertz CT molecular complexity index is 330. The van der Waals surface area contributed by atoms with Gasteiger partial charge < -0.3 is 10.6 Å². The summed E-state index contributed by atoms with van der Waals surface area (Å²) in [6.45, 7) is 8.31. The molecule has 0 saturated heterocycles. The molecule has 1 atom stereocenters. The molecule has 0 aliphatic heterocycles. The number of benzene rings is 1. The molecule has 1 aromatic carbocycles. The molecular formula is C14H24N2. The van der Waals surface area contributed by atoms with Gasteiger partial charge in [-0.3, -0.25) is 0 Å². The SMILES string of the molecule is CCC(CN)CN(C)c1cc(C)ccc1C. The van der Waals surface area contributed by atoms with E-state index in [1.165, 1.54) is 16.8 Å². The Morgan fingerprint density at radius 1 is 1.31 bits per heavy atom. The maximum absolute atomic E-state index is 5.75. The molecule has 90 valence electrons. The second kappa shape index (κ2) is 5.90. The summed E-state index contributed by atoms with van der Waals surface area (Å²) in [6, 6.07) is 6.59. The summed E-state index contributed by atoms with van der Waals surface area (Å²) in [5.41, 5.74) is 9.72. The highest BCUT2D eigenvalue weighted by atomic mass is 15.1. The first-order valence-corrected chi connectivity index (χ1v) is 6.07. The van der Waals surface area contributed by atoms with E-state index in [0.717, 1.165) is 19.5 Å². The van der Waals surface area contributed by atoms with Crippen LogP contribution in [-0.4, -0.2) is 20.1 Å². The zero-order chi connectivity index (χ0) is 12.1. The van der Waals surface area contributed by atoms with Gasteiger partial charge in [0.15, 0.2) is 0 Å². The second-order valence-electron chi connectivity index (χ2n) is 4.68. The van der Waals surface area contributed by atoms with Crippen LogP contribution in [0.2, 0.25) is 0 Å². The van der Waals surface area contributed by atoms with Gasteiger partial charge in [0.05, 0.1) is 0 Å². The molecule has 0 aliphatic carbocycles. The Labute approximate surface area is 99.5 Å². The van der Waals surface area contributed by atoms with Crippen molar-refractivity contribution < 1.29 is 0 Å². The predicted octanol–water partition coefficient (Wildman–Crippen LogP) is 2.72. The zero-order valence-corrected chi connectivity index (χ0v) is 11.0. The van der Waals surface area contributed by atoms with Crippen molar-refractivity contribution in [2.24, 2.45) is 11.7 Å². The smallest absolute Gasteiger partial charge is 0.0396 e. The fraction of sp³-hybridized carbons (Fsp3) is 0.571. The highest BCUT2D eigenvalue weighted by Crippen LogP contribution is 2.21. The lowest BCUT2D eigenvalue weighted by Crippen LogP contribution is -2.30. The monoisotopic (exact) mass is 220 g/mol. The first kappa shape index (κ1) is 13.0. The Morgan fingerprint density at radius 2 is 2.00 bits per heavy atom. The van der Waals surface area contributed by atoms with Gasteiger partial charge in [-0.25, -0.2) is 0 Å². The molecule has 0 spiro atoms. The Balaban J connectivity index is 2.79. The van der Waals surface area contributed by atoms with Gasteiger partial charge in [0.1, 0.15) is 0 Å². The molecule has 2 nitrogen and oxygen atoms in total. The van der Waals surface area contributed by atoms with Gasteiger partial charge in [-0.2, -0.15) is 0 Å². The van der Waals surface area contributed by atoms with E-state index in [1.54, 1.807) is 0 Å². The van der Waals surface area contributed by atoms with Gasteiger partial charge in [0.25, 0.3) is 0 Å². The highest BCUT2D eigenvalue weighted by molar-refractivity contribution is 5.54. The van der Waals surface area contributed by atoms with Gasteiger partial charge in [-0.15, -0.1) is 0 Å². The topological polar surface area (TPSA) is 29.3 Å². The molecule has 1 rings (SSSR count). The molecule has 2 N–H and O–H groups in total. The van der Waals surface area contributed by atoms with Gasteiger partial charge in [-0.05, 0) is 43.5 Å². The van der Waals surface area contributed by atoms with Crippen molar-refractivity contribution in [1.82, 2.24) is 0 Å². The summed E-state index contributed by atoms with van der Waals surface area (Å²) in [6.07, 6.45) is 1.14. The summed E-state index contributed by atoms with van der Waals surface area (Å²) in [5, 5.41) is 0. The molecule has 0 aromatic heterocycles. The first-order chi connectivity index (χ1) is 7.58. The quantitative estimate of drug-likeness (QED) is 0.826. The summed E-state index contributed by atoms with van der Waals surface area (Å²) >= 11 is 0. The van der Waals surface area contributed by atoms with Crippen LogP contribution >= 0.6 is 0 Å². The van der Waals surface area contributed by atoms with Crippen LogP contribution in [0.25, 0.3) is 0 Å². The average Bonchev–Trinajstić information content (AvgIpc) is 2.28. The standard InChI is InChI=1S/C14H24N2/c1-5-13(9-15)10-16(4)14-8-11(2)6-7-12(14)3/h6-8,13H,5,9-10,15H2,1-4H3. The minimum absolute atomic E-state index is 0.588. The Morgan fingerprint density at radius 3 is 2.56 bits per heavy atom. The number of hydrogen-bond acceptors (Lipinski definition) is 2. The van der Waals surface area contributed by atoms with Gasteiger partial charge in [0.2, 0.25) is 0 Å². The van der Waals surface area contributed by atoms with Gasteiger partial charge in [0, 0.05) is 19.3 Å². The van der Waals surface area contributed by atoms with Crippen LogP contribution in [0.4, 0.5) is 5.69 Å². The number of nitrogens with two attached hydrogens (primary N) is 1. The van der Waals surface area contributed by atoms with Crippen LogP contribution in [0.5, 0.6) is 0 Å². The maximum atomic E-state index is 5.75. The molecule has 0 heterocycles. The van der Waals surface area contributed by atoms with Crippen molar-refractivity contribution in [3.8, 4) is 0 Å². The highest BCUT2D eigenvalue weighted by Gasteiger charge is 2.10. The molecular weight excluding hydrogens is 196 g/mol. The number of anilines is 1. The minimum atomic E-state index is 0.588. The molecule has 2 heteroatoms. The third kappa shape index (κ3) is 3.24. The number of nitrogens with zero attached hydrogens (tertiary/aromatic N) is 1. The molecule has 0 fully saturated rings. The largest absolute Gasteiger partial charge is 0.374 e. The van der Waals surface area contributed by atoms with Crippen LogP contribution in [0.1, 0.15) is 24.5 Å². The van der Waals surface area contributed by atoms with E-state index in [9.17, 15) is 0 Å². The van der Waals surface area contributed by atoms with E-state index in [-0.39, 0.29) is 0 Å². The predicted molar refractivity (Wildman–Crippen MR) is 72.0 cm³/mol. The molecule has 1 unspecified atom stereocenters. The molecule has 0 bridgehead atoms. The fourth-order valence-corrected chi connectivity index (χ4v) is 1.99. The van der Waals surface area contributed by atoms with Crippen molar-refractivity contribution in [2.75, 3.05) is 25.0 Å². The number of hydrogen-bond donors (Lipinski definition) is 1. The number of aryl methyl sites for hydroxylation is 2. The Hall–Kier alpha value is -1.02. The lowest BCUT2D eigenvalue weighted by atomic mass is 10.0. The van der Waals surface area contributed by atoms with E-state index >= 15 is 0 Å². The molecule has 0 aliphatic rings. The Kier molecular flexibility index (Phi) is 4.81. The summed E-state index contributed by atoms with van der Waals surface area (Å²) in [5.74, 6) is 0.588. The van der Waals surface area contributed by atoms with Crippen LogP contribution in [0.15, 0.2) is 18.2 Å². The van der Waals surface area contributed by atoms with Crippen molar-refractivity contribution >= 4 is 5.69 Å². The van der Waals surface area contributed by atoms with E-state index in [1.807, 2.05) is 0 Å². The van der Waals surface area contributed by atoms with E-state index in [0.29, 0.717) is 5.92 Å². The zero-order valence-electron chi connectivity index (χ0n) is 11.0. The summed E-state index contributed by atoms with van der Waals surface area (Å²) in [7, 11) is 2.15. The van der Waals surface area contributed by atoms with Gasteiger partial charge >= 0.3 is 0 Å². The fourth-order valence-electron chi connectivity index (χ4n) is 1.99. The average molecular weight is 220 g/mol. The molecule has 0 amide bonds. The van der Waals surface area contributed by atoms with Crippen LogP contribution in [0.3, 0.4) is 0 Å². The van der Waals surface area contributed by atoms with Gasteiger partial charge in [-0.1, -0.05) is 25.5 Å². The number of rotatable bonds is 5. The summed E-state index contributed by atoms with van der Waals surface area (Å²) in [4.78, 5) is 2.32.